The summed E-state index contributed by atoms with van der Waals surface area (Å²) in [5.74, 6) is 0.0290. The van der Waals surface area contributed by atoms with Gasteiger partial charge in [-0.05, 0) is 18.2 Å². The van der Waals surface area contributed by atoms with E-state index in [-0.39, 0.29) is 10.6 Å². The Morgan fingerprint density at radius 1 is 1.44 bits per heavy atom. The van der Waals surface area contributed by atoms with Gasteiger partial charge in [-0.3, -0.25) is 0 Å². The van der Waals surface area contributed by atoms with E-state index >= 15 is 0 Å². The van der Waals surface area contributed by atoms with E-state index in [1.54, 1.807) is 24.4 Å². The first-order chi connectivity index (χ1) is 8.44. The van der Waals surface area contributed by atoms with Gasteiger partial charge in [0.25, 0.3) is 0 Å². The summed E-state index contributed by atoms with van der Waals surface area (Å²) in [6, 6.07) is 4.66. The largest absolute Gasteiger partial charge is 0.375 e. The van der Waals surface area contributed by atoms with Crippen molar-refractivity contribution in [3.05, 3.63) is 28.6 Å². The van der Waals surface area contributed by atoms with Crippen LogP contribution in [0.3, 0.4) is 0 Å². The molecule has 0 bridgehead atoms. The van der Waals surface area contributed by atoms with Gasteiger partial charge >= 0.3 is 0 Å². The van der Waals surface area contributed by atoms with Crippen molar-refractivity contribution in [3.63, 3.8) is 0 Å². The quantitative estimate of drug-likeness (QED) is 0.946. The lowest BCUT2D eigenvalue weighted by molar-refractivity contribution is 0.597. The van der Waals surface area contributed by atoms with Crippen molar-refractivity contribution in [1.82, 2.24) is 4.98 Å². The fourth-order valence-corrected chi connectivity index (χ4v) is 3.36. The van der Waals surface area contributed by atoms with Crippen molar-refractivity contribution < 1.29 is 8.42 Å². The number of sulfone groups is 1. The number of hydrogen-bond donors (Lipinski definition) is 1. The fourth-order valence-electron chi connectivity index (χ4n) is 1.54. The fraction of sp³-hybridized carbons (Fsp3) is 0.182. The predicted molar refractivity (Wildman–Crippen MR) is 74.7 cm³/mol. The molecule has 0 unspecified atom stereocenters. The Hall–Kier alpha value is -1.11. The van der Waals surface area contributed by atoms with Crippen LogP contribution in [0.1, 0.15) is 6.92 Å². The minimum Gasteiger partial charge on any atom is -0.375 e. The summed E-state index contributed by atoms with van der Waals surface area (Å²) in [5, 5.41) is 2.58. The molecule has 2 rings (SSSR count). The highest BCUT2D eigenvalue weighted by Crippen LogP contribution is 2.32. The van der Waals surface area contributed by atoms with E-state index in [1.807, 2.05) is 0 Å². The molecule has 96 valence electrons. The number of rotatable bonds is 3. The SMILES string of the molecule is CCS(=O)(=O)c1ccc(Cl)cc1-c1csc(N)n1. The molecule has 0 radical (unpaired) electrons. The number of nitrogen functional groups attached to an aromatic ring is 1. The summed E-state index contributed by atoms with van der Waals surface area (Å²) in [5.41, 5.74) is 6.60. The molecule has 2 N–H and O–H groups in total. The molecule has 0 aliphatic rings. The summed E-state index contributed by atoms with van der Waals surface area (Å²) in [6.07, 6.45) is 0. The van der Waals surface area contributed by atoms with Gasteiger partial charge in [-0.2, -0.15) is 0 Å². The van der Waals surface area contributed by atoms with Gasteiger partial charge in [-0.15, -0.1) is 11.3 Å². The smallest absolute Gasteiger partial charge is 0.180 e. The lowest BCUT2D eigenvalue weighted by Gasteiger charge is -2.07. The Kier molecular flexibility index (Phi) is 3.61. The summed E-state index contributed by atoms with van der Waals surface area (Å²) in [4.78, 5) is 4.34. The molecule has 4 nitrogen and oxygen atoms in total. The van der Waals surface area contributed by atoms with Crippen LogP contribution in [0.25, 0.3) is 11.3 Å². The van der Waals surface area contributed by atoms with Gasteiger partial charge < -0.3 is 5.73 Å². The van der Waals surface area contributed by atoms with Crippen molar-refractivity contribution in [3.8, 4) is 11.3 Å². The van der Waals surface area contributed by atoms with Crippen LogP contribution in [0.4, 0.5) is 5.13 Å². The molecule has 0 spiro atoms. The number of halogens is 1. The summed E-state index contributed by atoms with van der Waals surface area (Å²) in [6.45, 7) is 1.60. The van der Waals surface area contributed by atoms with E-state index in [0.29, 0.717) is 21.4 Å². The molecule has 0 aliphatic heterocycles. The highest BCUT2D eigenvalue weighted by molar-refractivity contribution is 7.91. The minimum atomic E-state index is -3.32. The first kappa shape index (κ1) is 13.3. The molecule has 2 aromatic rings. The number of hydrogen-bond acceptors (Lipinski definition) is 5. The van der Waals surface area contributed by atoms with Crippen LogP contribution >= 0.6 is 22.9 Å². The monoisotopic (exact) mass is 302 g/mol. The highest BCUT2D eigenvalue weighted by atomic mass is 35.5. The molecule has 1 aromatic heterocycles. The lowest BCUT2D eigenvalue weighted by Crippen LogP contribution is -2.05. The zero-order valence-electron chi connectivity index (χ0n) is 9.55. The third-order valence-corrected chi connectivity index (χ3v) is 5.15. The molecule has 1 heterocycles. The van der Waals surface area contributed by atoms with E-state index in [2.05, 4.69) is 4.98 Å². The number of benzene rings is 1. The second kappa shape index (κ2) is 4.87. The highest BCUT2D eigenvalue weighted by Gasteiger charge is 2.19. The Balaban J connectivity index is 2.69. The molecule has 0 aliphatic carbocycles. The van der Waals surface area contributed by atoms with Gasteiger partial charge in [0.05, 0.1) is 16.3 Å². The van der Waals surface area contributed by atoms with Crippen molar-refractivity contribution in [2.24, 2.45) is 0 Å². The summed E-state index contributed by atoms with van der Waals surface area (Å²) >= 11 is 7.18. The van der Waals surface area contributed by atoms with Crippen molar-refractivity contribution in [1.29, 1.82) is 0 Å². The maximum atomic E-state index is 12.0. The second-order valence-corrected chi connectivity index (χ2v) is 7.19. The average molecular weight is 303 g/mol. The Morgan fingerprint density at radius 3 is 2.72 bits per heavy atom. The maximum absolute atomic E-state index is 12.0. The van der Waals surface area contributed by atoms with Gasteiger partial charge in [-0.1, -0.05) is 18.5 Å². The zero-order chi connectivity index (χ0) is 13.3. The summed E-state index contributed by atoms with van der Waals surface area (Å²) < 4.78 is 24.0. The van der Waals surface area contributed by atoms with Crippen LogP contribution in [0.2, 0.25) is 5.02 Å². The Morgan fingerprint density at radius 2 is 2.17 bits per heavy atom. The van der Waals surface area contributed by atoms with Gasteiger partial charge in [0.1, 0.15) is 0 Å². The van der Waals surface area contributed by atoms with E-state index in [9.17, 15) is 8.42 Å². The van der Waals surface area contributed by atoms with Crippen molar-refractivity contribution >= 4 is 37.9 Å². The summed E-state index contributed by atoms with van der Waals surface area (Å²) in [7, 11) is -3.32. The molecule has 1 aromatic carbocycles. The molecule has 0 saturated heterocycles. The molecule has 0 atom stereocenters. The van der Waals surface area contributed by atoms with Crippen LogP contribution in [-0.2, 0) is 9.84 Å². The number of aromatic nitrogens is 1. The molecule has 0 saturated carbocycles. The predicted octanol–water partition coefficient (Wildman–Crippen LogP) is 2.84. The van der Waals surface area contributed by atoms with Gasteiger partial charge in [-0.25, -0.2) is 13.4 Å². The standard InChI is InChI=1S/C11H11ClN2O2S2/c1-2-18(15,16)10-4-3-7(12)5-8(10)9-6-17-11(13)14-9/h3-6H,2H2,1H3,(H2,13,14). The number of nitrogens with two attached hydrogens (primary N) is 1. The molecule has 0 amide bonds. The normalized spacial score (nSPS) is 11.7. The van der Waals surface area contributed by atoms with Gasteiger partial charge in [0.15, 0.2) is 15.0 Å². The van der Waals surface area contributed by atoms with Gasteiger partial charge in [0.2, 0.25) is 0 Å². The zero-order valence-corrected chi connectivity index (χ0v) is 11.9. The Labute approximate surface area is 114 Å². The first-order valence-electron chi connectivity index (χ1n) is 5.17. The molecule has 18 heavy (non-hydrogen) atoms. The van der Waals surface area contributed by atoms with Crippen molar-refractivity contribution in [2.75, 3.05) is 11.5 Å². The topological polar surface area (TPSA) is 73.0 Å². The third kappa shape index (κ3) is 2.50. The number of thiazole rings is 1. The van der Waals surface area contributed by atoms with E-state index < -0.39 is 9.84 Å². The molecular weight excluding hydrogens is 292 g/mol. The first-order valence-corrected chi connectivity index (χ1v) is 8.08. The molecular formula is C11H11ClN2O2S2. The second-order valence-electron chi connectivity index (χ2n) is 3.61. The van der Waals surface area contributed by atoms with Crippen LogP contribution < -0.4 is 5.73 Å². The average Bonchev–Trinajstić information content (AvgIpc) is 2.75. The van der Waals surface area contributed by atoms with E-state index in [4.69, 9.17) is 17.3 Å². The van der Waals surface area contributed by atoms with Crippen LogP contribution in [-0.4, -0.2) is 19.2 Å². The van der Waals surface area contributed by atoms with Gasteiger partial charge in [0, 0.05) is 16.0 Å². The van der Waals surface area contributed by atoms with Crippen LogP contribution in [0.15, 0.2) is 28.5 Å². The molecule has 0 fully saturated rings. The van der Waals surface area contributed by atoms with E-state index in [0.717, 1.165) is 0 Å². The van der Waals surface area contributed by atoms with Crippen LogP contribution in [0, 0.1) is 0 Å². The maximum Gasteiger partial charge on any atom is 0.180 e. The third-order valence-electron chi connectivity index (χ3n) is 2.45. The number of anilines is 1. The number of nitrogens with zero attached hydrogens (tertiary/aromatic N) is 1. The Bertz CT molecular complexity index is 680. The van der Waals surface area contributed by atoms with Crippen LogP contribution in [0.5, 0.6) is 0 Å². The van der Waals surface area contributed by atoms with E-state index in [1.165, 1.54) is 17.4 Å². The van der Waals surface area contributed by atoms with Crippen molar-refractivity contribution in [2.45, 2.75) is 11.8 Å². The lowest BCUT2D eigenvalue weighted by atomic mass is 10.2. The molecule has 7 heteroatoms. The minimum absolute atomic E-state index is 0.0290.